The Hall–Kier alpha value is -1.69. The van der Waals surface area contributed by atoms with Gasteiger partial charge in [-0.25, -0.2) is 13.6 Å². The number of carbonyl (C=O) groups excluding carboxylic acids is 1. The highest BCUT2D eigenvalue weighted by Crippen LogP contribution is 2.19. The SMILES string of the molecule is CCNCC1CCN(C(=O)Nc2ccc(F)cc2F)CC1. The van der Waals surface area contributed by atoms with Crippen molar-refractivity contribution in [1.82, 2.24) is 10.2 Å². The molecule has 1 aromatic carbocycles. The number of hydrogen-bond acceptors (Lipinski definition) is 2. The van der Waals surface area contributed by atoms with Crippen LogP contribution in [0.25, 0.3) is 0 Å². The largest absolute Gasteiger partial charge is 0.325 e. The fourth-order valence-corrected chi connectivity index (χ4v) is 2.47. The minimum atomic E-state index is -0.759. The topological polar surface area (TPSA) is 44.4 Å². The van der Waals surface area contributed by atoms with Crippen LogP contribution in [0.15, 0.2) is 18.2 Å². The number of amides is 2. The number of piperidine rings is 1. The Morgan fingerprint density at radius 3 is 2.67 bits per heavy atom. The fourth-order valence-electron chi connectivity index (χ4n) is 2.47. The van der Waals surface area contributed by atoms with Crippen molar-refractivity contribution in [2.24, 2.45) is 5.92 Å². The van der Waals surface area contributed by atoms with E-state index >= 15 is 0 Å². The second-order valence-electron chi connectivity index (χ2n) is 5.29. The van der Waals surface area contributed by atoms with Gasteiger partial charge in [-0.05, 0) is 44.0 Å². The number of rotatable bonds is 4. The molecule has 0 spiro atoms. The lowest BCUT2D eigenvalue weighted by molar-refractivity contribution is 0.181. The number of anilines is 1. The summed E-state index contributed by atoms with van der Waals surface area (Å²) in [6.07, 6.45) is 1.87. The molecule has 2 amide bonds. The lowest BCUT2D eigenvalue weighted by Gasteiger charge is -2.32. The van der Waals surface area contributed by atoms with Gasteiger partial charge in [-0.2, -0.15) is 0 Å². The average Bonchev–Trinajstić information content (AvgIpc) is 2.48. The van der Waals surface area contributed by atoms with Crippen LogP contribution in [-0.4, -0.2) is 37.1 Å². The molecule has 0 saturated carbocycles. The highest BCUT2D eigenvalue weighted by Gasteiger charge is 2.23. The van der Waals surface area contributed by atoms with Gasteiger partial charge in [0.15, 0.2) is 0 Å². The zero-order valence-electron chi connectivity index (χ0n) is 12.2. The van der Waals surface area contributed by atoms with Crippen molar-refractivity contribution in [3.05, 3.63) is 29.8 Å². The molecule has 0 radical (unpaired) electrons. The highest BCUT2D eigenvalue weighted by atomic mass is 19.1. The van der Waals surface area contributed by atoms with E-state index in [1.54, 1.807) is 4.90 Å². The van der Waals surface area contributed by atoms with Crippen LogP contribution in [0.4, 0.5) is 19.3 Å². The number of urea groups is 1. The van der Waals surface area contributed by atoms with E-state index in [1.807, 2.05) is 0 Å². The van der Waals surface area contributed by atoms with Crippen LogP contribution in [0.5, 0.6) is 0 Å². The Kier molecular flexibility index (Phi) is 5.50. The van der Waals surface area contributed by atoms with Gasteiger partial charge in [0, 0.05) is 19.2 Å². The van der Waals surface area contributed by atoms with Crippen LogP contribution in [0.1, 0.15) is 19.8 Å². The predicted octanol–water partition coefficient (Wildman–Crippen LogP) is 2.82. The monoisotopic (exact) mass is 297 g/mol. The second kappa shape index (κ2) is 7.36. The minimum Gasteiger partial charge on any atom is -0.325 e. The molecule has 1 aliphatic rings. The molecular weight excluding hydrogens is 276 g/mol. The molecule has 0 unspecified atom stereocenters. The maximum atomic E-state index is 13.5. The molecule has 1 aliphatic heterocycles. The Morgan fingerprint density at radius 1 is 1.33 bits per heavy atom. The van der Waals surface area contributed by atoms with Crippen molar-refractivity contribution in [3.63, 3.8) is 0 Å². The number of nitrogens with one attached hydrogen (secondary N) is 2. The molecule has 0 aromatic heterocycles. The van der Waals surface area contributed by atoms with Gasteiger partial charge in [-0.3, -0.25) is 0 Å². The molecule has 0 bridgehead atoms. The average molecular weight is 297 g/mol. The van der Waals surface area contributed by atoms with Gasteiger partial charge in [0.05, 0.1) is 5.69 Å². The van der Waals surface area contributed by atoms with E-state index in [2.05, 4.69) is 17.6 Å². The van der Waals surface area contributed by atoms with E-state index in [-0.39, 0.29) is 11.7 Å². The quantitative estimate of drug-likeness (QED) is 0.897. The van der Waals surface area contributed by atoms with Gasteiger partial charge >= 0.3 is 6.03 Å². The van der Waals surface area contributed by atoms with Crippen molar-refractivity contribution < 1.29 is 13.6 Å². The third-order valence-corrected chi connectivity index (χ3v) is 3.76. The van der Waals surface area contributed by atoms with E-state index in [1.165, 1.54) is 6.07 Å². The zero-order valence-corrected chi connectivity index (χ0v) is 12.2. The first kappa shape index (κ1) is 15.7. The molecule has 0 atom stereocenters. The van der Waals surface area contributed by atoms with Crippen LogP contribution < -0.4 is 10.6 Å². The van der Waals surface area contributed by atoms with E-state index in [0.29, 0.717) is 19.0 Å². The molecule has 1 saturated heterocycles. The number of nitrogens with zero attached hydrogens (tertiary/aromatic N) is 1. The maximum Gasteiger partial charge on any atom is 0.321 e. The summed E-state index contributed by atoms with van der Waals surface area (Å²) in [5.74, 6) is -0.836. The molecule has 2 rings (SSSR count). The summed E-state index contributed by atoms with van der Waals surface area (Å²) in [4.78, 5) is 13.7. The van der Waals surface area contributed by atoms with Gasteiger partial charge in [0.25, 0.3) is 0 Å². The molecule has 2 N–H and O–H groups in total. The van der Waals surface area contributed by atoms with Gasteiger partial charge in [-0.1, -0.05) is 6.92 Å². The summed E-state index contributed by atoms with van der Waals surface area (Å²) in [5.41, 5.74) is 0.0103. The summed E-state index contributed by atoms with van der Waals surface area (Å²) in [7, 11) is 0. The molecule has 6 heteroatoms. The van der Waals surface area contributed by atoms with Gasteiger partial charge in [0.2, 0.25) is 0 Å². The number of benzene rings is 1. The summed E-state index contributed by atoms with van der Waals surface area (Å²) >= 11 is 0. The molecule has 0 aliphatic carbocycles. The van der Waals surface area contributed by atoms with Crippen molar-refractivity contribution >= 4 is 11.7 Å². The second-order valence-corrected chi connectivity index (χ2v) is 5.29. The number of halogens is 2. The Balaban J connectivity index is 1.84. The van der Waals surface area contributed by atoms with Gasteiger partial charge < -0.3 is 15.5 Å². The maximum absolute atomic E-state index is 13.5. The van der Waals surface area contributed by atoms with Gasteiger partial charge in [0.1, 0.15) is 11.6 Å². The first-order chi connectivity index (χ1) is 10.1. The number of likely N-dealkylation sites (tertiary alicyclic amines) is 1. The summed E-state index contributed by atoms with van der Waals surface area (Å²) in [5, 5.41) is 5.81. The first-order valence-corrected chi connectivity index (χ1v) is 7.32. The summed E-state index contributed by atoms with van der Waals surface area (Å²) in [6.45, 7) is 5.30. The standard InChI is InChI=1S/C15H21F2N3O/c1-2-18-10-11-5-7-20(8-6-11)15(21)19-14-4-3-12(16)9-13(14)17/h3-4,9,11,18H,2,5-8,10H2,1H3,(H,19,21). The van der Waals surface area contributed by atoms with Crippen molar-refractivity contribution in [2.45, 2.75) is 19.8 Å². The summed E-state index contributed by atoms with van der Waals surface area (Å²) < 4.78 is 26.3. The Labute approximate surface area is 123 Å². The first-order valence-electron chi connectivity index (χ1n) is 7.32. The van der Waals surface area contributed by atoms with Crippen LogP contribution in [0, 0.1) is 17.6 Å². The Morgan fingerprint density at radius 2 is 2.05 bits per heavy atom. The van der Waals surface area contributed by atoms with E-state index in [9.17, 15) is 13.6 Å². The molecule has 1 fully saturated rings. The third-order valence-electron chi connectivity index (χ3n) is 3.76. The highest BCUT2D eigenvalue weighted by molar-refractivity contribution is 5.89. The minimum absolute atomic E-state index is 0.0103. The smallest absolute Gasteiger partial charge is 0.321 e. The van der Waals surface area contributed by atoms with E-state index in [4.69, 9.17) is 0 Å². The molecule has 4 nitrogen and oxygen atoms in total. The fraction of sp³-hybridized carbons (Fsp3) is 0.533. The Bertz CT molecular complexity index is 488. The molecule has 1 aromatic rings. The van der Waals surface area contributed by atoms with Crippen LogP contribution in [0.3, 0.4) is 0 Å². The summed E-state index contributed by atoms with van der Waals surface area (Å²) in [6, 6.07) is 2.79. The predicted molar refractivity (Wildman–Crippen MR) is 78.2 cm³/mol. The molecule has 1 heterocycles. The number of hydrogen-bond donors (Lipinski definition) is 2. The molecule has 116 valence electrons. The lowest BCUT2D eigenvalue weighted by Crippen LogP contribution is -2.42. The molecule has 21 heavy (non-hydrogen) atoms. The molecular formula is C15H21F2N3O. The van der Waals surface area contributed by atoms with Gasteiger partial charge in [-0.15, -0.1) is 0 Å². The number of carbonyl (C=O) groups is 1. The van der Waals surface area contributed by atoms with Crippen molar-refractivity contribution in [3.8, 4) is 0 Å². The van der Waals surface area contributed by atoms with Crippen LogP contribution in [-0.2, 0) is 0 Å². The van der Waals surface area contributed by atoms with Crippen molar-refractivity contribution in [2.75, 3.05) is 31.5 Å². The van der Waals surface area contributed by atoms with Crippen LogP contribution in [0.2, 0.25) is 0 Å². The van der Waals surface area contributed by atoms with E-state index in [0.717, 1.165) is 38.1 Å². The van der Waals surface area contributed by atoms with Crippen molar-refractivity contribution in [1.29, 1.82) is 0 Å². The zero-order chi connectivity index (χ0) is 15.2. The lowest BCUT2D eigenvalue weighted by atomic mass is 9.97. The van der Waals surface area contributed by atoms with E-state index < -0.39 is 11.6 Å². The van der Waals surface area contributed by atoms with Crippen LogP contribution >= 0.6 is 0 Å². The third kappa shape index (κ3) is 4.39. The normalized spacial score (nSPS) is 16.0.